The molecule has 7 heteroatoms. The number of carbonyl (C=O) groups excluding carboxylic acids is 1. The molecule has 0 unspecified atom stereocenters. The lowest BCUT2D eigenvalue weighted by atomic mass is 10.0. The van der Waals surface area contributed by atoms with Gasteiger partial charge in [0.05, 0.1) is 24.3 Å². The minimum Gasteiger partial charge on any atom is -0.495 e. The number of fused-ring (bicyclic) bond motifs is 1. The summed E-state index contributed by atoms with van der Waals surface area (Å²) in [5, 5.41) is 13.9. The number of benzene rings is 2. The van der Waals surface area contributed by atoms with Crippen LogP contribution >= 0.6 is 0 Å². The first-order valence-electron chi connectivity index (χ1n) is 8.04. The molecule has 0 saturated heterocycles. The van der Waals surface area contributed by atoms with E-state index in [4.69, 9.17) is 4.74 Å². The standard InChI is InChI=1S/C18H19N3O4/c1-25-17-9-8-14(21(23)24)11-15(17)19-12-18(22)20-10-4-6-13-5-2-3-7-16(13)20/h2-3,5,7-9,11,19H,4,6,10,12H2,1H3. The summed E-state index contributed by atoms with van der Waals surface area (Å²) < 4.78 is 5.20. The molecule has 1 aliphatic rings. The molecule has 0 atom stereocenters. The average Bonchev–Trinajstić information content (AvgIpc) is 2.65. The van der Waals surface area contributed by atoms with E-state index in [1.807, 2.05) is 24.3 Å². The largest absolute Gasteiger partial charge is 0.495 e. The Kier molecular flexibility index (Phi) is 4.83. The van der Waals surface area contributed by atoms with Crippen molar-refractivity contribution in [3.63, 3.8) is 0 Å². The third-order valence-electron chi connectivity index (χ3n) is 4.24. The van der Waals surface area contributed by atoms with Gasteiger partial charge in [-0.2, -0.15) is 0 Å². The summed E-state index contributed by atoms with van der Waals surface area (Å²) in [6.07, 6.45) is 1.88. The van der Waals surface area contributed by atoms with Gasteiger partial charge in [-0.05, 0) is 30.5 Å². The number of amides is 1. The number of nitro groups is 1. The van der Waals surface area contributed by atoms with Crippen LogP contribution in [-0.2, 0) is 11.2 Å². The van der Waals surface area contributed by atoms with Crippen LogP contribution in [0.25, 0.3) is 0 Å². The van der Waals surface area contributed by atoms with E-state index in [0.29, 0.717) is 18.0 Å². The molecule has 0 spiro atoms. The van der Waals surface area contributed by atoms with Crippen molar-refractivity contribution in [2.45, 2.75) is 12.8 Å². The van der Waals surface area contributed by atoms with E-state index in [2.05, 4.69) is 5.32 Å². The number of nitro benzene ring substituents is 1. The van der Waals surface area contributed by atoms with Gasteiger partial charge in [-0.15, -0.1) is 0 Å². The molecule has 0 saturated carbocycles. The molecule has 130 valence electrons. The number of hydrogen-bond acceptors (Lipinski definition) is 5. The number of ether oxygens (including phenoxy) is 1. The quantitative estimate of drug-likeness (QED) is 0.667. The predicted octanol–water partition coefficient (Wildman–Crippen LogP) is 2.99. The third-order valence-corrected chi connectivity index (χ3v) is 4.24. The van der Waals surface area contributed by atoms with Crippen LogP contribution in [0.1, 0.15) is 12.0 Å². The molecule has 1 amide bonds. The number of aryl methyl sites for hydroxylation is 1. The molecule has 1 heterocycles. The van der Waals surface area contributed by atoms with Crippen molar-refractivity contribution in [2.75, 3.05) is 30.4 Å². The summed E-state index contributed by atoms with van der Waals surface area (Å²) in [5.41, 5.74) is 2.47. The van der Waals surface area contributed by atoms with Crippen molar-refractivity contribution in [3.05, 3.63) is 58.1 Å². The minimum atomic E-state index is -0.479. The number of anilines is 2. The van der Waals surface area contributed by atoms with Crippen LogP contribution in [-0.4, -0.2) is 31.0 Å². The number of carbonyl (C=O) groups is 1. The van der Waals surface area contributed by atoms with E-state index in [1.54, 1.807) is 4.90 Å². The van der Waals surface area contributed by atoms with Crippen molar-refractivity contribution in [1.29, 1.82) is 0 Å². The van der Waals surface area contributed by atoms with Crippen LogP contribution < -0.4 is 15.0 Å². The van der Waals surface area contributed by atoms with E-state index in [9.17, 15) is 14.9 Å². The zero-order valence-electron chi connectivity index (χ0n) is 13.9. The number of nitrogens with zero attached hydrogens (tertiary/aromatic N) is 2. The summed E-state index contributed by atoms with van der Waals surface area (Å²) in [4.78, 5) is 24.9. The second-order valence-corrected chi connectivity index (χ2v) is 5.77. The van der Waals surface area contributed by atoms with Crippen LogP contribution in [0.4, 0.5) is 17.1 Å². The molecular weight excluding hydrogens is 322 g/mol. The van der Waals surface area contributed by atoms with Crippen molar-refractivity contribution >= 4 is 23.0 Å². The smallest absolute Gasteiger partial charge is 0.271 e. The summed E-state index contributed by atoms with van der Waals surface area (Å²) in [6.45, 7) is 0.704. The molecule has 0 fully saturated rings. The van der Waals surface area contributed by atoms with Gasteiger partial charge in [0.1, 0.15) is 5.75 Å². The molecule has 2 aromatic rings. The van der Waals surface area contributed by atoms with Gasteiger partial charge in [0.25, 0.3) is 5.69 Å². The highest BCUT2D eigenvalue weighted by Crippen LogP contribution is 2.30. The molecule has 3 rings (SSSR count). The van der Waals surface area contributed by atoms with E-state index in [0.717, 1.165) is 24.1 Å². The monoisotopic (exact) mass is 341 g/mol. The Balaban J connectivity index is 1.75. The van der Waals surface area contributed by atoms with E-state index in [-0.39, 0.29) is 18.1 Å². The van der Waals surface area contributed by atoms with Crippen molar-refractivity contribution in [1.82, 2.24) is 0 Å². The van der Waals surface area contributed by atoms with E-state index in [1.165, 1.54) is 25.3 Å². The van der Waals surface area contributed by atoms with E-state index < -0.39 is 4.92 Å². The first kappa shape index (κ1) is 16.8. The molecule has 1 aliphatic heterocycles. The SMILES string of the molecule is COc1ccc([N+](=O)[O-])cc1NCC(=O)N1CCCc2ccccc21. The molecule has 0 aromatic heterocycles. The molecule has 2 aromatic carbocycles. The fourth-order valence-electron chi connectivity index (χ4n) is 3.01. The Morgan fingerprint density at radius 1 is 1.32 bits per heavy atom. The molecule has 25 heavy (non-hydrogen) atoms. The van der Waals surface area contributed by atoms with Gasteiger partial charge in [0, 0.05) is 24.4 Å². The van der Waals surface area contributed by atoms with Gasteiger partial charge >= 0.3 is 0 Å². The lowest BCUT2D eigenvalue weighted by Gasteiger charge is -2.29. The predicted molar refractivity (Wildman–Crippen MR) is 95.3 cm³/mol. The second-order valence-electron chi connectivity index (χ2n) is 5.77. The number of non-ortho nitro benzene ring substituents is 1. The zero-order valence-corrected chi connectivity index (χ0v) is 13.9. The number of para-hydroxylation sites is 1. The van der Waals surface area contributed by atoms with E-state index >= 15 is 0 Å². The van der Waals surface area contributed by atoms with Gasteiger partial charge in [0.2, 0.25) is 5.91 Å². The zero-order chi connectivity index (χ0) is 17.8. The highest BCUT2D eigenvalue weighted by Gasteiger charge is 2.22. The molecule has 0 radical (unpaired) electrons. The normalized spacial score (nSPS) is 13.1. The van der Waals surface area contributed by atoms with Crippen molar-refractivity contribution in [3.8, 4) is 5.75 Å². The maximum absolute atomic E-state index is 12.6. The number of methoxy groups -OCH3 is 1. The van der Waals surface area contributed by atoms with Crippen molar-refractivity contribution < 1.29 is 14.5 Å². The van der Waals surface area contributed by atoms with Crippen LogP contribution in [0.3, 0.4) is 0 Å². The highest BCUT2D eigenvalue weighted by molar-refractivity contribution is 5.97. The van der Waals surface area contributed by atoms with Gasteiger partial charge in [-0.25, -0.2) is 0 Å². The second kappa shape index (κ2) is 7.21. The maximum atomic E-state index is 12.6. The number of hydrogen-bond donors (Lipinski definition) is 1. The third kappa shape index (κ3) is 3.55. The maximum Gasteiger partial charge on any atom is 0.271 e. The van der Waals surface area contributed by atoms with Crippen molar-refractivity contribution in [2.24, 2.45) is 0 Å². The highest BCUT2D eigenvalue weighted by atomic mass is 16.6. The summed E-state index contributed by atoms with van der Waals surface area (Å²) >= 11 is 0. The first-order chi connectivity index (χ1) is 12.1. The Morgan fingerprint density at radius 3 is 2.88 bits per heavy atom. The fourth-order valence-corrected chi connectivity index (χ4v) is 3.01. The number of rotatable bonds is 5. The van der Waals surface area contributed by atoms with Gasteiger partial charge in [-0.1, -0.05) is 18.2 Å². The molecule has 0 aliphatic carbocycles. The summed E-state index contributed by atoms with van der Waals surface area (Å²) in [6, 6.07) is 12.1. The van der Waals surface area contributed by atoms with Crippen LogP contribution in [0, 0.1) is 10.1 Å². The van der Waals surface area contributed by atoms with Gasteiger partial charge in [0.15, 0.2) is 0 Å². The molecular formula is C18H19N3O4. The Morgan fingerprint density at radius 2 is 2.12 bits per heavy atom. The fraction of sp³-hybridized carbons (Fsp3) is 0.278. The topological polar surface area (TPSA) is 84.7 Å². The summed E-state index contributed by atoms with van der Waals surface area (Å²) in [5.74, 6) is 0.373. The molecule has 0 bridgehead atoms. The Hall–Kier alpha value is -3.09. The average molecular weight is 341 g/mol. The Labute approximate surface area is 145 Å². The van der Waals surface area contributed by atoms with Crippen LogP contribution in [0.5, 0.6) is 5.75 Å². The lowest BCUT2D eigenvalue weighted by Crippen LogP contribution is -2.39. The Bertz CT molecular complexity index is 807. The minimum absolute atomic E-state index is 0.0336. The van der Waals surface area contributed by atoms with Gasteiger partial charge < -0.3 is 15.0 Å². The van der Waals surface area contributed by atoms with Crippen LogP contribution in [0.2, 0.25) is 0 Å². The number of nitrogens with one attached hydrogen (secondary N) is 1. The van der Waals surface area contributed by atoms with Crippen LogP contribution in [0.15, 0.2) is 42.5 Å². The first-order valence-corrected chi connectivity index (χ1v) is 8.04. The lowest BCUT2D eigenvalue weighted by molar-refractivity contribution is -0.384. The molecule has 7 nitrogen and oxygen atoms in total. The summed E-state index contributed by atoms with van der Waals surface area (Å²) in [7, 11) is 1.48. The molecule has 1 N–H and O–H groups in total. The van der Waals surface area contributed by atoms with Gasteiger partial charge in [-0.3, -0.25) is 14.9 Å².